The summed E-state index contributed by atoms with van der Waals surface area (Å²) < 4.78 is 10.5. The summed E-state index contributed by atoms with van der Waals surface area (Å²) in [6, 6.07) is 15.4. The van der Waals surface area contributed by atoms with Crippen molar-refractivity contribution in [1.29, 1.82) is 0 Å². The number of hydrogen-bond acceptors (Lipinski definition) is 5. The molecule has 1 N–H and O–H groups in total. The van der Waals surface area contributed by atoms with E-state index in [1.807, 2.05) is 37.3 Å². The number of carbonyl (C=O) groups excluding carboxylic acids is 2. The first-order valence-corrected chi connectivity index (χ1v) is 9.00. The van der Waals surface area contributed by atoms with Gasteiger partial charge in [0.1, 0.15) is 16.9 Å². The quantitative estimate of drug-likeness (QED) is 0.413. The van der Waals surface area contributed by atoms with Crippen LogP contribution in [0.25, 0.3) is 11.0 Å². The maximum atomic E-state index is 12.5. The van der Waals surface area contributed by atoms with Crippen molar-refractivity contribution in [3.63, 3.8) is 0 Å². The Labute approximate surface area is 162 Å². The fourth-order valence-electron chi connectivity index (χ4n) is 2.65. The summed E-state index contributed by atoms with van der Waals surface area (Å²) in [4.78, 5) is 36.5. The fraction of sp³-hybridized carbons (Fsp3) is 0.227. The van der Waals surface area contributed by atoms with Crippen LogP contribution >= 0.6 is 0 Å². The lowest BCUT2D eigenvalue weighted by molar-refractivity contribution is -0.137. The van der Waals surface area contributed by atoms with Crippen LogP contribution in [0.15, 0.2) is 63.8 Å². The molecule has 1 atom stereocenters. The minimum absolute atomic E-state index is 0.0813. The molecule has 1 heterocycles. The molecule has 1 amide bonds. The summed E-state index contributed by atoms with van der Waals surface area (Å²) in [6.07, 6.45) is 0. The maximum Gasteiger partial charge on any atom is 0.349 e. The molecule has 0 aliphatic rings. The third-order valence-corrected chi connectivity index (χ3v) is 4.29. The summed E-state index contributed by atoms with van der Waals surface area (Å²) in [5, 5.41) is 3.36. The van der Waals surface area contributed by atoms with Gasteiger partial charge >= 0.3 is 11.6 Å². The van der Waals surface area contributed by atoms with Crippen molar-refractivity contribution in [2.45, 2.75) is 26.8 Å². The van der Waals surface area contributed by atoms with Crippen LogP contribution in [0.4, 0.5) is 0 Å². The Morgan fingerprint density at radius 2 is 1.71 bits per heavy atom. The maximum absolute atomic E-state index is 12.5. The molecule has 144 valence electrons. The highest BCUT2D eigenvalue weighted by molar-refractivity contribution is 5.97. The molecule has 3 rings (SSSR count). The second-order valence-electron chi connectivity index (χ2n) is 6.83. The van der Waals surface area contributed by atoms with E-state index < -0.39 is 11.5 Å². The van der Waals surface area contributed by atoms with Crippen LogP contribution in [-0.2, 0) is 4.79 Å². The van der Waals surface area contributed by atoms with E-state index in [2.05, 4.69) is 5.32 Å². The largest absolute Gasteiger partial charge is 0.426 e. The molecule has 0 saturated carbocycles. The van der Waals surface area contributed by atoms with Crippen molar-refractivity contribution in [2.24, 2.45) is 5.92 Å². The number of amides is 1. The second kappa shape index (κ2) is 8.08. The van der Waals surface area contributed by atoms with Gasteiger partial charge in [0.2, 0.25) is 0 Å². The highest BCUT2D eigenvalue weighted by atomic mass is 16.5. The standard InChI is InChI=1S/C22H21NO5/c1-13(2)21(25)27-17-10-9-16-11-18(22(26)28-19(16)12-17)20(24)23-14(3)15-7-5-4-6-8-15/h4-14H,1-3H3,(H,23,24). The van der Waals surface area contributed by atoms with Crippen molar-refractivity contribution in [2.75, 3.05) is 0 Å². The van der Waals surface area contributed by atoms with Crippen LogP contribution in [-0.4, -0.2) is 11.9 Å². The minimum Gasteiger partial charge on any atom is -0.426 e. The van der Waals surface area contributed by atoms with Gasteiger partial charge in [-0.1, -0.05) is 44.2 Å². The molecule has 0 radical (unpaired) electrons. The van der Waals surface area contributed by atoms with Gasteiger partial charge < -0.3 is 14.5 Å². The van der Waals surface area contributed by atoms with Crippen LogP contribution < -0.4 is 15.7 Å². The number of fused-ring (bicyclic) bond motifs is 1. The molecule has 6 nitrogen and oxygen atoms in total. The lowest BCUT2D eigenvalue weighted by Crippen LogP contribution is -2.30. The van der Waals surface area contributed by atoms with Gasteiger partial charge in [-0.2, -0.15) is 0 Å². The average Bonchev–Trinajstić information content (AvgIpc) is 2.67. The molecule has 1 aromatic heterocycles. The van der Waals surface area contributed by atoms with Gasteiger partial charge in [-0.3, -0.25) is 9.59 Å². The topological polar surface area (TPSA) is 85.6 Å². The number of carbonyl (C=O) groups is 2. The molecule has 1 unspecified atom stereocenters. The first kappa shape index (κ1) is 19.4. The fourth-order valence-corrected chi connectivity index (χ4v) is 2.65. The number of rotatable bonds is 5. The molecular weight excluding hydrogens is 358 g/mol. The molecule has 2 aromatic carbocycles. The van der Waals surface area contributed by atoms with E-state index in [1.54, 1.807) is 26.0 Å². The zero-order valence-electron chi connectivity index (χ0n) is 15.9. The molecule has 0 saturated heterocycles. The summed E-state index contributed by atoms with van der Waals surface area (Å²) in [5.74, 6) is -0.889. The van der Waals surface area contributed by atoms with Crippen molar-refractivity contribution in [3.05, 3.63) is 76.1 Å². The van der Waals surface area contributed by atoms with Gasteiger partial charge in [0, 0.05) is 11.5 Å². The van der Waals surface area contributed by atoms with Gasteiger partial charge in [-0.25, -0.2) is 4.79 Å². The zero-order chi connectivity index (χ0) is 20.3. The monoisotopic (exact) mass is 379 g/mol. The van der Waals surface area contributed by atoms with E-state index >= 15 is 0 Å². The number of ether oxygens (including phenoxy) is 1. The predicted molar refractivity (Wildman–Crippen MR) is 105 cm³/mol. The Kier molecular flexibility index (Phi) is 5.59. The van der Waals surface area contributed by atoms with E-state index in [1.165, 1.54) is 12.1 Å². The van der Waals surface area contributed by atoms with Crippen molar-refractivity contribution >= 4 is 22.8 Å². The Morgan fingerprint density at radius 3 is 2.39 bits per heavy atom. The summed E-state index contributed by atoms with van der Waals surface area (Å²) in [5.41, 5.74) is 0.337. The third-order valence-electron chi connectivity index (χ3n) is 4.29. The second-order valence-corrected chi connectivity index (χ2v) is 6.83. The molecule has 0 aliphatic heterocycles. The van der Waals surface area contributed by atoms with E-state index in [-0.39, 0.29) is 34.8 Å². The van der Waals surface area contributed by atoms with Crippen LogP contribution in [0.5, 0.6) is 5.75 Å². The predicted octanol–water partition coefficient (Wildman–Crippen LogP) is 3.85. The summed E-state index contributed by atoms with van der Waals surface area (Å²) in [7, 11) is 0. The molecule has 0 bridgehead atoms. The van der Waals surface area contributed by atoms with E-state index in [9.17, 15) is 14.4 Å². The summed E-state index contributed by atoms with van der Waals surface area (Å²) >= 11 is 0. The minimum atomic E-state index is -0.752. The van der Waals surface area contributed by atoms with Crippen molar-refractivity contribution in [3.8, 4) is 5.75 Å². The average molecular weight is 379 g/mol. The normalized spacial score (nSPS) is 12.0. The van der Waals surface area contributed by atoms with Crippen molar-refractivity contribution < 1.29 is 18.7 Å². The number of nitrogens with one attached hydrogen (secondary N) is 1. The Bertz CT molecular complexity index is 1070. The molecule has 0 aliphatic carbocycles. The number of benzene rings is 2. The Balaban J connectivity index is 1.84. The molecule has 0 fully saturated rings. The Morgan fingerprint density at radius 1 is 1.00 bits per heavy atom. The molecular formula is C22H21NO5. The SMILES string of the molecule is CC(C)C(=O)Oc1ccc2cc(C(=O)NC(C)c3ccccc3)c(=O)oc2c1. The number of esters is 1. The van der Waals surface area contributed by atoms with Crippen LogP contribution in [0.3, 0.4) is 0 Å². The summed E-state index contributed by atoms with van der Waals surface area (Å²) in [6.45, 7) is 5.29. The highest BCUT2D eigenvalue weighted by Gasteiger charge is 2.17. The van der Waals surface area contributed by atoms with E-state index in [0.29, 0.717) is 5.39 Å². The van der Waals surface area contributed by atoms with Gasteiger partial charge in [-0.15, -0.1) is 0 Å². The lowest BCUT2D eigenvalue weighted by Gasteiger charge is -2.14. The van der Waals surface area contributed by atoms with Crippen molar-refractivity contribution in [1.82, 2.24) is 5.32 Å². The number of hydrogen-bond donors (Lipinski definition) is 1. The van der Waals surface area contributed by atoms with Crippen LogP contribution in [0.2, 0.25) is 0 Å². The molecule has 0 spiro atoms. The van der Waals surface area contributed by atoms with Gasteiger partial charge in [-0.05, 0) is 30.7 Å². The first-order valence-electron chi connectivity index (χ1n) is 9.00. The van der Waals surface area contributed by atoms with Gasteiger partial charge in [0.05, 0.1) is 12.0 Å². The zero-order valence-corrected chi connectivity index (χ0v) is 15.9. The van der Waals surface area contributed by atoms with Gasteiger partial charge in [0.25, 0.3) is 5.91 Å². The van der Waals surface area contributed by atoms with E-state index in [4.69, 9.17) is 9.15 Å². The Hall–Kier alpha value is -3.41. The first-order chi connectivity index (χ1) is 13.3. The van der Waals surface area contributed by atoms with Crippen LogP contribution in [0, 0.1) is 5.92 Å². The molecule has 28 heavy (non-hydrogen) atoms. The molecule has 6 heteroatoms. The van der Waals surface area contributed by atoms with Crippen LogP contribution in [0.1, 0.15) is 42.7 Å². The van der Waals surface area contributed by atoms with E-state index in [0.717, 1.165) is 5.56 Å². The third kappa shape index (κ3) is 4.28. The van der Waals surface area contributed by atoms with Gasteiger partial charge in [0.15, 0.2) is 0 Å². The molecule has 3 aromatic rings. The highest BCUT2D eigenvalue weighted by Crippen LogP contribution is 2.22. The smallest absolute Gasteiger partial charge is 0.349 e. The lowest BCUT2D eigenvalue weighted by atomic mass is 10.1.